The molecule has 26 heavy (non-hydrogen) atoms. The molecule has 5 nitrogen and oxygen atoms in total. The lowest BCUT2D eigenvalue weighted by molar-refractivity contribution is -0.873. The number of carbonyl (C=O) groups excluding carboxylic acids is 2. The fourth-order valence-electron chi connectivity index (χ4n) is 2.80. The molecule has 0 aromatic carbocycles. The highest BCUT2D eigenvalue weighted by molar-refractivity contribution is 5.70. The molecule has 5 heteroatoms. The Morgan fingerprint density at radius 3 is 2.12 bits per heavy atom. The number of quaternary nitrogens is 1. The van der Waals surface area contributed by atoms with Gasteiger partial charge in [-0.3, -0.25) is 4.79 Å². The lowest BCUT2D eigenvalue weighted by Gasteiger charge is -2.29. The van der Waals surface area contributed by atoms with E-state index < -0.39 is 12.1 Å². The van der Waals surface area contributed by atoms with Crippen LogP contribution in [0.25, 0.3) is 0 Å². The number of carboxylic acids is 1. The summed E-state index contributed by atoms with van der Waals surface area (Å²) in [4.78, 5) is 22.8. The van der Waals surface area contributed by atoms with Crippen molar-refractivity contribution in [3.8, 4) is 0 Å². The monoisotopic (exact) mass is 369 g/mol. The summed E-state index contributed by atoms with van der Waals surface area (Å²) >= 11 is 0. The van der Waals surface area contributed by atoms with Crippen molar-refractivity contribution < 1.29 is 23.9 Å². The zero-order valence-corrected chi connectivity index (χ0v) is 17.3. The molecule has 0 saturated heterocycles. The fourth-order valence-corrected chi connectivity index (χ4v) is 2.80. The van der Waals surface area contributed by atoms with Gasteiger partial charge in [-0.05, 0) is 25.7 Å². The third kappa shape index (κ3) is 17.5. The minimum atomic E-state index is -1.18. The molecule has 0 amide bonds. The van der Waals surface area contributed by atoms with Gasteiger partial charge < -0.3 is 19.1 Å². The number of nitrogens with zero attached hydrogens (tertiary/aromatic N) is 1. The Morgan fingerprint density at radius 1 is 0.962 bits per heavy atom. The van der Waals surface area contributed by atoms with Crippen LogP contribution in [0.15, 0.2) is 12.2 Å². The number of esters is 1. The Bertz CT molecular complexity index is 413. The zero-order valence-electron chi connectivity index (χ0n) is 17.3. The quantitative estimate of drug-likeness (QED) is 0.181. The van der Waals surface area contributed by atoms with Gasteiger partial charge in [0.25, 0.3) is 0 Å². The highest BCUT2D eigenvalue weighted by Gasteiger charge is 2.22. The van der Waals surface area contributed by atoms with Crippen LogP contribution in [0, 0.1) is 0 Å². The summed E-state index contributed by atoms with van der Waals surface area (Å²) in [7, 11) is 5.82. The summed E-state index contributed by atoms with van der Waals surface area (Å²) in [6.07, 6.45) is 14.2. The van der Waals surface area contributed by atoms with Gasteiger partial charge in [0.2, 0.25) is 0 Å². The van der Waals surface area contributed by atoms with Gasteiger partial charge in [0.1, 0.15) is 6.54 Å². The summed E-state index contributed by atoms with van der Waals surface area (Å²) in [5.41, 5.74) is 0. The van der Waals surface area contributed by atoms with Gasteiger partial charge in [0, 0.05) is 18.8 Å². The van der Waals surface area contributed by atoms with Gasteiger partial charge in [0.05, 0.1) is 21.1 Å². The molecule has 0 aliphatic carbocycles. The van der Waals surface area contributed by atoms with Gasteiger partial charge in [-0.1, -0.05) is 51.2 Å². The van der Waals surface area contributed by atoms with Gasteiger partial charge in [0.15, 0.2) is 6.10 Å². The maximum absolute atomic E-state index is 11.9. The number of rotatable bonds is 16. The molecular weight excluding hydrogens is 330 g/mol. The number of carbonyl (C=O) groups is 2. The highest BCUT2D eigenvalue weighted by Crippen LogP contribution is 2.11. The van der Waals surface area contributed by atoms with Gasteiger partial charge >= 0.3 is 5.97 Å². The molecule has 152 valence electrons. The predicted octanol–water partition coefficient (Wildman–Crippen LogP) is 3.22. The van der Waals surface area contributed by atoms with E-state index in [1.54, 1.807) is 0 Å². The lowest BCUT2D eigenvalue weighted by Crippen LogP contribution is -2.45. The molecule has 1 atom stereocenters. The Kier molecular flexibility index (Phi) is 14.0. The van der Waals surface area contributed by atoms with E-state index in [1.165, 1.54) is 32.1 Å². The molecular formula is C21H39NO4. The Labute approximate surface area is 160 Å². The second kappa shape index (κ2) is 14.8. The second-order valence-electron chi connectivity index (χ2n) is 8.08. The smallest absolute Gasteiger partial charge is 0.306 e. The van der Waals surface area contributed by atoms with Gasteiger partial charge in [-0.15, -0.1) is 0 Å². The fraction of sp³-hybridized carbons (Fsp3) is 0.810. The molecule has 0 bridgehead atoms. The zero-order chi connectivity index (χ0) is 19.8. The van der Waals surface area contributed by atoms with E-state index in [2.05, 4.69) is 19.1 Å². The van der Waals surface area contributed by atoms with Crippen LogP contribution in [0.4, 0.5) is 0 Å². The van der Waals surface area contributed by atoms with Crippen LogP contribution in [0.2, 0.25) is 0 Å². The van der Waals surface area contributed by atoms with E-state index in [0.29, 0.717) is 17.4 Å². The lowest BCUT2D eigenvalue weighted by atomic mass is 10.1. The first-order chi connectivity index (χ1) is 12.2. The molecule has 0 saturated carbocycles. The molecule has 0 aliphatic heterocycles. The molecule has 0 fully saturated rings. The van der Waals surface area contributed by atoms with Crippen molar-refractivity contribution in [1.29, 1.82) is 0 Å². The Balaban J connectivity index is 3.79. The highest BCUT2D eigenvalue weighted by atomic mass is 16.5. The molecule has 0 aromatic rings. The average Bonchev–Trinajstić information content (AvgIpc) is 2.50. The van der Waals surface area contributed by atoms with E-state index in [4.69, 9.17) is 4.74 Å². The van der Waals surface area contributed by atoms with Crippen molar-refractivity contribution in [3.63, 3.8) is 0 Å². The number of ether oxygens (including phenoxy) is 1. The first-order valence-corrected chi connectivity index (χ1v) is 10.1. The molecule has 1 unspecified atom stereocenters. The number of hydrogen-bond donors (Lipinski definition) is 0. The van der Waals surface area contributed by atoms with Crippen molar-refractivity contribution in [2.45, 2.75) is 83.7 Å². The summed E-state index contributed by atoms with van der Waals surface area (Å²) in [5.74, 6) is -1.48. The van der Waals surface area contributed by atoms with Crippen LogP contribution in [0.5, 0.6) is 0 Å². The van der Waals surface area contributed by atoms with Crippen molar-refractivity contribution in [2.24, 2.45) is 0 Å². The summed E-state index contributed by atoms with van der Waals surface area (Å²) in [6.45, 7) is 2.67. The number of hydrogen-bond acceptors (Lipinski definition) is 4. The molecule has 0 rings (SSSR count). The SMILES string of the molecule is CCCC/C=C\CCCCCCCC(=O)OC(CC(=O)[O-])C[N+](C)(C)C. The first-order valence-electron chi connectivity index (χ1n) is 10.1. The van der Waals surface area contributed by atoms with Crippen LogP contribution in [-0.2, 0) is 14.3 Å². The summed E-state index contributed by atoms with van der Waals surface area (Å²) in [6, 6.07) is 0. The number of unbranched alkanes of at least 4 members (excludes halogenated alkanes) is 7. The Morgan fingerprint density at radius 2 is 1.54 bits per heavy atom. The number of allylic oxidation sites excluding steroid dienone is 2. The molecule has 0 radical (unpaired) electrons. The van der Waals surface area contributed by atoms with Crippen molar-refractivity contribution in [2.75, 3.05) is 27.7 Å². The maximum atomic E-state index is 11.9. The molecule has 0 aliphatic rings. The average molecular weight is 370 g/mol. The molecule has 0 N–H and O–H groups in total. The topological polar surface area (TPSA) is 66.4 Å². The van der Waals surface area contributed by atoms with Crippen LogP contribution in [0.1, 0.15) is 77.6 Å². The van der Waals surface area contributed by atoms with Gasteiger partial charge in [-0.2, -0.15) is 0 Å². The number of carboxylic acid groups (broad SMARTS) is 1. The van der Waals surface area contributed by atoms with E-state index in [0.717, 1.165) is 25.7 Å². The van der Waals surface area contributed by atoms with E-state index in [9.17, 15) is 14.7 Å². The normalized spacial score (nSPS) is 13.1. The van der Waals surface area contributed by atoms with Crippen LogP contribution in [-0.4, -0.2) is 50.2 Å². The number of likely N-dealkylation sites (N-methyl/N-ethyl adjacent to an activating group) is 1. The van der Waals surface area contributed by atoms with E-state index >= 15 is 0 Å². The Hall–Kier alpha value is -1.36. The van der Waals surface area contributed by atoms with Crippen molar-refractivity contribution in [3.05, 3.63) is 12.2 Å². The molecule has 0 spiro atoms. The first kappa shape index (κ1) is 24.6. The van der Waals surface area contributed by atoms with Crippen LogP contribution >= 0.6 is 0 Å². The van der Waals surface area contributed by atoms with Crippen molar-refractivity contribution in [1.82, 2.24) is 0 Å². The minimum Gasteiger partial charge on any atom is -0.550 e. The standard InChI is InChI=1S/C21H39NO4/c1-5-6-7-8-9-10-11-12-13-14-15-16-21(25)26-19(17-20(23)24)18-22(2,3)4/h8-9,19H,5-7,10-18H2,1-4H3/b9-8-. The van der Waals surface area contributed by atoms with E-state index in [1.807, 2.05) is 21.1 Å². The second-order valence-corrected chi connectivity index (χ2v) is 8.08. The third-order valence-corrected chi connectivity index (χ3v) is 4.09. The third-order valence-electron chi connectivity index (χ3n) is 4.09. The summed E-state index contributed by atoms with van der Waals surface area (Å²) in [5, 5.41) is 10.8. The maximum Gasteiger partial charge on any atom is 0.306 e. The van der Waals surface area contributed by atoms with Crippen LogP contribution < -0.4 is 5.11 Å². The van der Waals surface area contributed by atoms with Crippen LogP contribution in [0.3, 0.4) is 0 Å². The minimum absolute atomic E-state index is 0.243. The number of aliphatic carboxylic acids is 1. The summed E-state index contributed by atoms with van der Waals surface area (Å²) < 4.78 is 5.88. The molecule has 0 aromatic heterocycles. The van der Waals surface area contributed by atoms with Gasteiger partial charge in [-0.25, -0.2) is 0 Å². The van der Waals surface area contributed by atoms with E-state index in [-0.39, 0.29) is 12.4 Å². The molecule has 0 heterocycles. The predicted molar refractivity (Wildman–Crippen MR) is 103 cm³/mol. The van der Waals surface area contributed by atoms with Crippen molar-refractivity contribution >= 4 is 11.9 Å². The largest absolute Gasteiger partial charge is 0.550 e.